The maximum atomic E-state index is 3.96. The van der Waals surface area contributed by atoms with E-state index in [2.05, 4.69) is 58.0 Å². The zero-order valence-electron chi connectivity index (χ0n) is 13.8. The van der Waals surface area contributed by atoms with E-state index in [1.165, 1.54) is 43.3 Å². The molecule has 0 aliphatic rings. The second kappa shape index (κ2) is 11.1. The Hall–Kier alpha value is -0.780. The summed E-state index contributed by atoms with van der Waals surface area (Å²) in [6, 6.07) is 0. The molecule has 1 nitrogen and oxygen atoms in total. The third-order valence-corrected chi connectivity index (χ3v) is 3.50. The lowest BCUT2D eigenvalue weighted by Crippen LogP contribution is -2.23. The van der Waals surface area contributed by atoms with Crippen molar-refractivity contribution in [3.8, 4) is 0 Å². The Morgan fingerprint density at radius 3 is 2.58 bits per heavy atom. The molecule has 0 saturated heterocycles. The van der Waals surface area contributed by atoms with Gasteiger partial charge in [-0.25, -0.2) is 0 Å². The maximum Gasteiger partial charge on any atom is 0.0184 e. The third-order valence-electron chi connectivity index (χ3n) is 3.50. The average Bonchev–Trinajstić information content (AvgIpc) is 2.34. The largest absolute Gasteiger partial charge is 0.302 e. The number of rotatable bonds is 10. The van der Waals surface area contributed by atoms with E-state index in [1.54, 1.807) is 0 Å². The van der Waals surface area contributed by atoms with Crippen molar-refractivity contribution in [2.45, 2.75) is 59.8 Å². The van der Waals surface area contributed by atoms with E-state index < -0.39 is 0 Å². The lowest BCUT2D eigenvalue weighted by molar-refractivity contribution is 0.338. The van der Waals surface area contributed by atoms with E-state index in [9.17, 15) is 0 Å². The summed E-state index contributed by atoms with van der Waals surface area (Å²) in [5, 5.41) is 0. The highest BCUT2D eigenvalue weighted by Gasteiger charge is 2.06. The van der Waals surface area contributed by atoms with Gasteiger partial charge in [-0.05, 0) is 64.3 Å². The van der Waals surface area contributed by atoms with Crippen molar-refractivity contribution in [3.63, 3.8) is 0 Å². The van der Waals surface area contributed by atoms with Crippen molar-refractivity contribution in [1.29, 1.82) is 0 Å². The molecule has 0 saturated carbocycles. The third kappa shape index (κ3) is 10.8. The van der Waals surface area contributed by atoms with Crippen LogP contribution in [-0.4, -0.2) is 25.0 Å². The molecule has 1 heteroatoms. The van der Waals surface area contributed by atoms with Gasteiger partial charge in [0.1, 0.15) is 0 Å². The first-order valence-corrected chi connectivity index (χ1v) is 7.72. The summed E-state index contributed by atoms with van der Waals surface area (Å²) in [6.45, 7) is 14.9. The van der Waals surface area contributed by atoms with Gasteiger partial charge in [-0.2, -0.15) is 0 Å². The SMILES string of the molecule is C=C(C)CN(C)CCC(C)C(C)=C=CCCCCC. The Morgan fingerprint density at radius 2 is 2.00 bits per heavy atom. The molecular formula is C18H33N. The number of hydrogen-bond acceptors (Lipinski definition) is 1. The number of unbranched alkanes of at least 4 members (excludes halogenated alkanes) is 3. The van der Waals surface area contributed by atoms with Gasteiger partial charge in [-0.15, -0.1) is 5.73 Å². The van der Waals surface area contributed by atoms with Crippen LogP contribution in [0.1, 0.15) is 59.8 Å². The standard InChI is InChI=1S/C18H33N/c1-7-8-9-10-11-12-17(4)18(5)13-14-19(6)15-16(2)3/h11,18H,2,7-10,13-15H2,1,3-6H3. The molecule has 110 valence electrons. The van der Waals surface area contributed by atoms with Crippen molar-refractivity contribution in [2.24, 2.45) is 5.92 Å². The summed E-state index contributed by atoms with van der Waals surface area (Å²) in [4.78, 5) is 2.34. The Morgan fingerprint density at radius 1 is 1.32 bits per heavy atom. The van der Waals surface area contributed by atoms with Crippen LogP contribution in [0.2, 0.25) is 0 Å². The van der Waals surface area contributed by atoms with Gasteiger partial charge in [0.15, 0.2) is 0 Å². The molecule has 0 aliphatic heterocycles. The summed E-state index contributed by atoms with van der Waals surface area (Å²) in [6.07, 6.45) is 8.52. The molecule has 0 amide bonds. The topological polar surface area (TPSA) is 3.24 Å². The Balaban J connectivity index is 4.01. The van der Waals surface area contributed by atoms with Crippen molar-refractivity contribution < 1.29 is 0 Å². The minimum absolute atomic E-state index is 0.620. The van der Waals surface area contributed by atoms with Gasteiger partial charge in [0, 0.05) is 6.54 Å². The monoisotopic (exact) mass is 263 g/mol. The fraction of sp³-hybridized carbons (Fsp3) is 0.722. The number of allylic oxidation sites excluding steroid dienone is 1. The first-order valence-electron chi connectivity index (χ1n) is 7.72. The molecule has 1 unspecified atom stereocenters. The molecule has 1 atom stereocenters. The smallest absolute Gasteiger partial charge is 0.0184 e. The molecule has 0 rings (SSSR count). The van der Waals surface area contributed by atoms with Crippen LogP contribution < -0.4 is 0 Å². The number of likely N-dealkylation sites (N-methyl/N-ethyl adjacent to an activating group) is 1. The van der Waals surface area contributed by atoms with Crippen LogP contribution in [0.5, 0.6) is 0 Å². The van der Waals surface area contributed by atoms with E-state index >= 15 is 0 Å². The van der Waals surface area contributed by atoms with Gasteiger partial charge in [0.2, 0.25) is 0 Å². The van der Waals surface area contributed by atoms with Crippen molar-refractivity contribution in [3.05, 3.63) is 29.5 Å². The van der Waals surface area contributed by atoms with Gasteiger partial charge in [-0.3, -0.25) is 0 Å². The normalized spacial score (nSPS) is 12.1. The molecule has 0 spiro atoms. The molecular weight excluding hydrogens is 230 g/mol. The van der Waals surface area contributed by atoms with Crippen molar-refractivity contribution in [1.82, 2.24) is 4.90 Å². The lowest BCUT2D eigenvalue weighted by atomic mass is 9.99. The number of nitrogens with zero attached hydrogens (tertiary/aromatic N) is 1. The van der Waals surface area contributed by atoms with Crippen LogP contribution in [0.4, 0.5) is 0 Å². The Kier molecular flexibility index (Phi) is 10.6. The van der Waals surface area contributed by atoms with Crippen LogP contribution >= 0.6 is 0 Å². The average molecular weight is 263 g/mol. The highest BCUT2D eigenvalue weighted by atomic mass is 15.1. The molecule has 0 aromatic carbocycles. The van der Waals surface area contributed by atoms with E-state index in [0.29, 0.717) is 5.92 Å². The zero-order valence-corrected chi connectivity index (χ0v) is 13.8. The van der Waals surface area contributed by atoms with Crippen LogP contribution in [0.25, 0.3) is 0 Å². The summed E-state index contributed by atoms with van der Waals surface area (Å²) in [5.41, 5.74) is 6.08. The van der Waals surface area contributed by atoms with E-state index in [-0.39, 0.29) is 0 Å². The van der Waals surface area contributed by atoms with Crippen LogP contribution in [0, 0.1) is 5.92 Å². The minimum atomic E-state index is 0.620. The predicted octanol–water partition coefficient (Wildman–Crippen LogP) is 5.20. The fourth-order valence-corrected chi connectivity index (χ4v) is 2.04. The van der Waals surface area contributed by atoms with Gasteiger partial charge in [0.05, 0.1) is 0 Å². The molecule has 0 radical (unpaired) electrons. The molecule has 0 aromatic rings. The highest BCUT2D eigenvalue weighted by molar-refractivity contribution is 5.02. The molecule has 0 aromatic heterocycles. The maximum absolute atomic E-state index is 3.96. The molecule has 0 fully saturated rings. The Labute approximate surface area is 121 Å². The summed E-state index contributed by atoms with van der Waals surface area (Å²) >= 11 is 0. The minimum Gasteiger partial charge on any atom is -0.302 e. The summed E-state index contributed by atoms with van der Waals surface area (Å²) in [7, 11) is 2.17. The van der Waals surface area contributed by atoms with Crippen molar-refractivity contribution in [2.75, 3.05) is 20.1 Å². The van der Waals surface area contributed by atoms with E-state index in [4.69, 9.17) is 0 Å². The van der Waals surface area contributed by atoms with Gasteiger partial charge < -0.3 is 4.90 Å². The molecule has 0 aliphatic carbocycles. The highest BCUT2D eigenvalue weighted by Crippen LogP contribution is 2.13. The van der Waals surface area contributed by atoms with E-state index in [0.717, 1.165) is 13.1 Å². The van der Waals surface area contributed by atoms with Crippen molar-refractivity contribution >= 4 is 0 Å². The summed E-state index contributed by atoms with van der Waals surface area (Å²) < 4.78 is 0. The van der Waals surface area contributed by atoms with E-state index in [1.807, 2.05) is 0 Å². The summed E-state index contributed by atoms with van der Waals surface area (Å²) in [5.74, 6) is 0.620. The molecule has 0 heterocycles. The molecule has 19 heavy (non-hydrogen) atoms. The Bertz CT molecular complexity index is 308. The first-order chi connectivity index (χ1) is 8.97. The lowest BCUT2D eigenvalue weighted by Gasteiger charge is -2.19. The second-order valence-corrected chi connectivity index (χ2v) is 5.91. The van der Waals surface area contributed by atoms with Gasteiger partial charge >= 0.3 is 0 Å². The van der Waals surface area contributed by atoms with Crippen LogP contribution in [0.3, 0.4) is 0 Å². The molecule has 0 N–H and O–H groups in total. The van der Waals surface area contributed by atoms with Crippen LogP contribution in [-0.2, 0) is 0 Å². The molecule has 0 bridgehead atoms. The first kappa shape index (κ1) is 18.2. The quantitative estimate of drug-likeness (QED) is 0.297. The second-order valence-electron chi connectivity index (χ2n) is 5.91. The fourth-order valence-electron chi connectivity index (χ4n) is 2.04. The van der Waals surface area contributed by atoms with Crippen LogP contribution in [0.15, 0.2) is 29.5 Å². The zero-order chi connectivity index (χ0) is 14.7. The van der Waals surface area contributed by atoms with Gasteiger partial charge in [0.25, 0.3) is 0 Å². The predicted molar refractivity (Wildman–Crippen MR) is 87.5 cm³/mol. The number of hydrogen-bond donors (Lipinski definition) is 0. The van der Waals surface area contributed by atoms with Gasteiger partial charge in [-0.1, -0.05) is 38.8 Å².